The molecule has 1 aliphatic carbocycles. The predicted molar refractivity (Wildman–Crippen MR) is 88.2 cm³/mol. The lowest BCUT2D eigenvalue weighted by molar-refractivity contribution is -0.125. The molecule has 0 heterocycles. The summed E-state index contributed by atoms with van der Waals surface area (Å²) in [5, 5.41) is 9.82. The number of amides is 1. The number of hydrogen-bond donors (Lipinski definition) is 1. The fourth-order valence-corrected chi connectivity index (χ4v) is 3.09. The number of aliphatic hydroxyl groups excluding tert-OH is 1. The van der Waals surface area contributed by atoms with E-state index in [0.717, 1.165) is 24.8 Å². The third-order valence-electron chi connectivity index (χ3n) is 4.04. The van der Waals surface area contributed by atoms with Crippen molar-refractivity contribution in [3.05, 3.63) is 35.9 Å². The van der Waals surface area contributed by atoms with Crippen molar-refractivity contribution in [1.29, 1.82) is 0 Å². The number of hydrogen-bond acceptors (Lipinski definition) is 3. The molecule has 0 saturated heterocycles. The minimum atomic E-state index is -0.247. The second kappa shape index (κ2) is 7.66. The zero-order valence-electron chi connectivity index (χ0n) is 12.7. The maximum atomic E-state index is 12.1. The monoisotopic (exact) mass is 305 g/mol. The average molecular weight is 305 g/mol. The third-order valence-corrected chi connectivity index (χ3v) is 4.78. The number of benzene rings is 1. The summed E-state index contributed by atoms with van der Waals surface area (Å²) in [6.45, 7) is 0.635. The van der Waals surface area contributed by atoms with Gasteiger partial charge in [0, 0.05) is 30.5 Å². The maximum Gasteiger partial charge on any atom is 0.246 e. The van der Waals surface area contributed by atoms with E-state index in [0.29, 0.717) is 6.54 Å². The van der Waals surface area contributed by atoms with Crippen LogP contribution in [-0.2, 0) is 4.79 Å². The number of aliphatic hydroxyl groups is 1. The van der Waals surface area contributed by atoms with Gasteiger partial charge in [0.15, 0.2) is 0 Å². The van der Waals surface area contributed by atoms with Crippen LogP contribution in [0, 0.1) is 5.92 Å². The van der Waals surface area contributed by atoms with E-state index in [9.17, 15) is 9.90 Å². The Bertz CT molecular complexity index is 498. The van der Waals surface area contributed by atoms with E-state index < -0.39 is 0 Å². The van der Waals surface area contributed by atoms with Gasteiger partial charge in [-0.2, -0.15) is 0 Å². The highest BCUT2D eigenvalue weighted by Gasteiger charge is 2.26. The van der Waals surface area contributed by atoms with Gasteiger partial charge in [-0.05, 0) is 42.9 Å². The van der Waals surface area contributed by atoms with E-state index in [1.807, 2.05) is 36.6 Å². The van der Waals surface area contributed by atoms with Crippen LogP contribution in [0.25, 0.3) is 6.08 Å². The summed E-state index contributed by atoms with van der Waals surface area (Å²) in [5.41, 5.74) is 1.02. The Balaban J connectivity index is 1.88. The Labute approximate surface area is 131 Å². The Hall–Kier alpha value is -1.26. The molecule has 2 atom stereocenters. The number of likely N-dealkylation sites (N-methyl/N-ethyl adjacent to an activating group) is 1. The van der Waals surface area contributed by atoms with Gasteiger partial charge in [0.25, 0.3) is 0 Å². The summed E-state index contributed by atoms with van der Waals surface area (Å²) < 4.78 is 0. The molecule has 1 N–H and O–H groups in total. The highest BCUT2D eigenvalue weighted by atomic mass is 32.2. The normalized spacial score (nSPS) is 21.9. The zero-order chi connectivity index (χ0) is 15.2. The van der Waals surface area contributed by atoms with Crippen molar-refractivity contribution in [2.75, 3.05) is 19.8 Å². The average Bonchev–Trinajstić information content (AvgIpc) is 2.90. The van der Waals surface area contributed by atoms with E-state index in [1.54, 1.807) is 29.8 Å². The van der Waals surface area contributed by atoms with Crippen LogP contribution in [0.4, 0.5) is 0 Å². The maximum absolute atomic E-state index is 12.1. The zero-order valence-corrected chi connectivity index (χ0v) is 13.5. The quantitative estimate of drug-likeness (QED) is 0.671. The molecule has 0 radical (unpaired) electrons. The van der Waals surface area contributed by atoms with Gasteiger partial charge in [0.2, 0.25) is 5.91 Å². The topological polar surface area (TPSA) is 40.5 Å². The molecule has 114 valence electrons. The van der Waals surface area contributed by atoms with Crippen molar-refractivity contribution in [3.8, 4) is 0 Å². The minimum absolute atomic E-state index is 0.0111. The molecule has 1 saturated carbocycles. The van der Waals surface area contributed by atoms with Crippen molar-refractivity contribution in [2.45, 2.75) is 30.3 Å². The summed E-state index contributed by atoms with van der Waals surface area (Å²) in [4.78, 5) is 15.0. The number of carbonyl (C=O) groups is 1. The molecule has 0 spiro atoms. The molecule has 1 aromatic rings. The van der Waals surface area contributed by atoms with E-state index in [-0.39, 0.29) is 17.9 Å². The second-order valence-corrected chi connectivity index (χ2v) is 6.46. The molecule has 0 aromatic heterocycles. The first-order valence-electron chi connectivity index (χ1n) is 7.35. The summed E-state index contributed by atoms with van der Waals surface area (Å²) >= 11 is 1.70. The van der Waals surface area contributed by atoms with Crippen LogP contribution < -0.4 is 0 Å². The number of thioether (sulfide) groups is 1. The Kier molecular flexibility index (Phi) is 5.88. The summed E-state index contributed by atoms with van der Waals surface area (Å²) in [6, 6.07) is 8.12. The smallest absolute Gasteiger partial charge is 0.246 e. The van der Waals surface area contributed by atoms with Crippen molar-refractivity contribution < 1.29 is 9.90 Å². The minimum Gasteiger partial charge on any atom is -0.393 e. The first-order chi connectivity index (χ1) is 10.1. The van der Waals surface area contributed by atoms with Gasteiger partial charge in [-0.15, -0.1) is 11.8 Å². The van der Waals surface area contributed by atoms with E-state index in [2.05, 4.69) is 0 Å². The molecule has 2 rings (SSSR count). The molecular weight excluding hydrogens is 282 g/mol. The molecule has 0 bridgehead atoms. The Morgan fingerprint density at radius 2 is 2.10 bits per heavy atom. The second-order valence-electron chi connectivity index (χ2n) is 5.58. The number of nitrogens with zero attached hydrogens (tertiary/aromatic N) is 1. The van der Waals surface area contributed by atoms with Crippen LogP contribution in [0.2, 0.25) is 0 Å². The molecule has 2 unspecified atom stereocenters. The predicted octanol–water partition coefficient (Wildman–Crippen LogP) is 3.04. The lowest BCUT2D eigenvalue weighted by Gasteiger charge is -2.22. The molecule has 1 aliphatic rings. The first-order valence-corrected chi connectivity index (χ1v) is 8.58. The Morgan fingerprint density at radius 1 is 1.38 bits per heavy atom. The van der Waals surface area contributed by atoms with E-state index in [1.165, 1.54) is 4.90 Å². The number of rotatable bonds is 5. The molecule has 1 fully saturated rings. The van der Waals surface area contributed by atoms with Gasteiger partial charge in [-0.25, -0.2) is 0 Å². The van der Waals surface area contributed by atoms with Crippen LogP contribution in [0.5, 0.6) is 0 Å². The van der Waals surface area contributed by atoms with Crippen LogP contribution in [0.1, 0.15) is 24.8 Å². The first kappa shape index (κ1) is 16.1. The van der Waals surface area contributed by atoms with Gasteiger partial charge in [0.05, 0.1) is 6.10 Å². The van der Waals surface area contributed by atoms with E-state index in [4.69, 9.17) is 0 Å². The van der Waals surface area contributed by atoms with Crippen LogP contribution in [-0.4, -0.2) is 41.9 Å². The molecule has 1 amide bonds. The van der Waals surface area contributed by atoms with Crippen LogP contribution in [0.15, 0.2) is 35.2 Å². The van der Waals surface area contributed by atoms with Gasteiger partial charge >= 0.3 is 0 Å². The molecule has 4 heteroatoms. The lowest BCUT2D eigenvalue weighted by atomic mass is 10.1. The summed E-state index contributed by atoms with van der Waals surface area (Å²) in [6.07, 6.45) is 8.18. The molecule has 1 aromatic carbocycles. The van der Waals surface area contributed by atoms with E-state index >= 15 is 0 Å². The summed E-state index contributed by atoms with van der Waals surface area (Å²) in [5.74, 6) is 0.219. The molecule has 21 heavy (non-hydrogen) atoms. The lowest BCUT2D eigenvalue weighted by Crippen LogP contribution is -2.33. The fraction of sp³-hybridized carbons (Fsp3) is 0.471. The van der Waals surface area contributed by atoms with Gasteiger partial charge < -0.3 is 10.0 Å². The molecule has 3 nitrogen and oxygen atoms in total. The van der Waals surface area contributed by atoms with Crippen LogP contribution in [0.3, 0.4) is 0 Å². The van der Waals surface area contributed by atoms with Crippen LogP contribution >= 0.6 is 11.8 Å². The largest absolute Gasteiger partial charge is 0.393 e. The highest BCUT2D eigenvalue weighted by molar-refractivity contribution is 7.98. The fourth-order valence-electron chi connectivity index (χ4n) is 2.68. The van der Waals surface area contributed by atoms with Crippen molar-refractivity contribution in [1.82, 2.24) is 4.90 Å². The van der Waals surface area contributed by atoms with Gasteiger partial charge in [-0.3, -0.25) is 4.79 Å². The molecular formula is C17H23NO2S. The van der Waals surface area contributed by atoms with Crippen molar-refractivity contribution >= 4 is 23.7 Å². The highest BCUT2D eigenvalue weighted by Crippen LogP contribution is 2.26. The third kappa shape index (κ3) is 4.61. The van der Waals surface area contributed by atoms with Gasteiger partial charge in [0.1, 0.15) is 0 Å². The summed E-state index contributed by atoms with van der Waals surface area (Å²) in [7, 11) is 1.80. The number of carbonyl (C=O) groups excluding carboxylic acids is 1. The SMILES string of the molecule is CSc1ccc(/C=C/C(=O)N(C)CC2CCCC2O)cc1. The molecule has 0 aliphatic heterocycles. The standard InChI is InChI=1S/C17H23NO2S/c1-18(12-14-4-3-5-16(14)19)17(20)11-8-13-6-9-15(21-2)10-7-13/h6-11,14,16,19H,3-5,12H2,1-2H3/b11-8+. The van der Waals surface area contributed by atoms with Gasteiger partial charge in [-0.1, -0.05) is 18.6 Å². The Morgan fingerprint density at radius 3 is 2.67 bits per heavy atom. The van der Waals surface area contributed by atoms with Crippen molar-refractivity contribution in [2.24, 2.45) is 5.92 Å². The van der Waals surface area contributed by atoms with Crippen molar-refractivity contribution in [3.63, 3.8) is 0 Å².